The van der Waals surface area contributed by atoms with E-state index in [4.69, 9.17) is 11.6 Å². The van der Waals surface area contributed by atoms with E-state index in [1.807, 2.05) is 24.3 Å². The second-order valence-electron chi connectivity index (χ2n) is 5.96. The fourth-order valence-electron chi connectivity index (χ4n) is 2.81. The lowest BCUT2D eigenvalue weighted by atomic mass is 10.1. The van der Waals surface area contributed by atoms with Gasteiger partial charge in [-0.25, -0.2) is 9.97 Å². The molecule has 1 aromatic heterocycles. The van der Waals surface area contributed by atoms with Gasteiger partial charge in [0, 0.05) is 37.1 Å². The number of benzene rings is 1. The van der Waals surface area contributed by atoms with Crippen molar-refractivity contribution in [2.24, 2.45) is 0 Å². The maximum Gasteiger partial charge on any atom is 0.254 e. The Kier molecular flexibility index (Phi) is 5.64. The zero-order valence-corrected chi connectivity index (χ0v) is 14.3. The fourth-order valence-corrected chi connectivity index (χ4v) is 3.02. The summed E-state index contributed by atoms with van der Waals surface area (Å²) in [7, 11) is 0. The third-order valence-electron chi connectivity index (χ3n) is 4.13. The van der Waals surface area contributed by atoms with Crippen molar-refractivity contribution < 1.29 is 4.79 Å². The molecule has 0 atom stereocenters. The number of hydrogen-bond acceptors (Lipinski definition) is 4. The molecule has 24 heavy (non-hydrogen) atoms. The standard InChI is InChI=1S/C18H21ClN4O/c19-16-6-4-5-14(11-16)7-8-20-17(24)15-12-21-18(22-13-15)23-9-2-1-3-10-23/h4-6,11-13H,1-3,7-10H2,(H,20,24). The summed E-state index contributed by atoms with van der Waals surface area (Å²) in [6.07, 6.45) is 7.56. The van der Waals surface area contributed by atoms with E-state index in [1.165, 1.54) is 19.3 Å². The number of nitrogens with zero attached hydrogens (tertiary/aromatic N) is 3. The summed E-state index contributed by atoms with van der Waals surface area (Å²) in [5.41, 5.74) is 1.58. The van der Waals surface area contributed by atoms with Crippen LogP contribution < -0.4 is 10.2 Å². The third-order valence-corrected chi connectivity index (χ3v) is 4.36. The van der Waals surface area contributed by atoms with Gasteiger partial charge in [0.05, 0.1) is 5.56 Å². The molecule has 1 saturated heterocycles. The molecule has 1 amide bonds. The van der Waals surface area contributed by atoms with Crippen LogP contribution in [0.15, 0.2) is 36.7 Å². The van der Waals surface area contributed by atoms with E-state index in [2.05, 4.69) is 20.2 Å². The molecule has 0 aliphatic carbocycles. The highest BCUT2D eigenvalue weighted by molar-refractivity contribution is 6.30. The van der Waals surface area contributed by atoms with Crippen molar-refractivity contribution in [1.82, 2.24) is 15.3 Å². The molecule has 6 heteroatoms. The van der Waals surface area contributed by atoms with Crippen molar-refractivity contribution in [2.75, 3.05) is 24.5 Å². The average molecular weight is 345 g/mol. The Hall–Kier alpha value is -2.14. The molecule has 5 nitrogen and oxygen atoms in total. The maximum atomic E-state index is 12.2. The molecule has 0 unspecified atom stereocenters. The van der Waals surface area contributed by atoms with E-state index in [1.54, 1.807) is 12.4 Å². The molecule has 1 aliphatic heterocycles. The Labute approximate surface area is 147 Å². The van der Waals surface area contributed by atoms with Crippen LogP contribution in [0.2, 0.25) is 5.02 Å². The number of carbonyl (C=O) groups is 1. The molecule has 0 spiro atoms. The van der Waals surface area contributed by atoms with E-state index < -0.39 is 0 Å². The average Bonchev–Trinajstić information content (AvgIpc) is 2.63. The van der Waals surface area contributed by atoms with Crippen LogP contribution in [-0.4, -0.2) is 35.5 Å². The highest BCUT2D eigenvalue weighted by Crippen LogP contribution is 2.15. The van der Waals surface area contributed by atoms with Gasteiger partial charge in [-0.05, 0) is 43.4 Å². The van der Waals surface area contributed by atoms with Gasteiger partial charge in [-0.3, -0.25) is 4.79 Å². The summed E-state index contributed by atoms with van der Waals surface area (Å²) in [6, 6.07) is 7.65. The van der Waals surface area contributed by atoms with Crippen LogP contribution >= 0.6 is 11.6 Å². The van der Waals surface area contributed by atoms with E-state index >= 15 is 0 Å². The molecule has 1 aliphatic rings. The topological polar surface area (TPSA) is 58.1 Å². The van der Waals surface area contributed by atoms with Gasteiger partial charge < -0.3 is 10.2 Å². The lowest BCUT2D eigenvalue weighted by Gasteiger charge is -2.26. The van der Waals surface area contributed by atoms with Gasteiger partial charge in [-0.1, -0.05) is 23.7 Å². The van der Waals surface area contributed by atoms with Gasteiger partial charge in [0.1, 0.15) is 0 Å². The van der Waals surface area contributed by atoms with Crippen molar-refractivity contribution in [2.45, 2.75) is 25.7 Å². The fraction of sp³-hybridized carbons (Fsp3) is 0.389. The van der Waals surface area contributed by atoms with Gasteiger partial charge in [0.25, 0.3) is 5.91 Å². The number of halogens is 1. The predicted octanol–water partition coefficient (Wildman–Crippen LogP) is 3.09. The molecule has 2 aromatic rings. The number of aromatic nitrogens is 2. The van der Waals surface area contributed by atoms with Gasteiger partial charge in [-0.15, -0.1) is 0 Å². The van der Waals surface area contributed by atoms with Crippen LogP contribution in [-0.2, 0) is 6.42 Å². The minimum atomic E-state index is -0.151. The van der Waals surface area contributed by atoms with Crippen molar-refractivity contribution in [1.29, 1.82) is 0 Å². The zero-order valence-electron chi connectivity index (χ0n) is 13.5. The first-order valence-electron chi connectivity index (χ1n) is 8.32. The van der Waals surface area contributed by atoms with Crippen molar-refractivity contribution in [3.8, 4) is 0 Å². The normalized spacial score (nSPS) is 14.5. The molecule has 1 fully saturated rings. The molecule has 1 N–H and O–H groups in total. The maximum absolute atomic E-state index is 12.2. The molecular weight excluding hydrogens is 324 g/mol. The molecule has 2 heterocycles. The number of amides is 1. The van der Waals surface area contributed by atoms with E-state index in [9.17, 15) is 4.79 Å². The minimum Gasteiger partial charge on any atom is -0.352 e. The van der Waals surface area contributed by atoms with Crippen molar-refractivity contribution >= 4 is 23.5 Å². The summed E-state index contributed by atoms with van der Waals surface area (Å²) in [4.78, 5) is 23.0. The molecular formula is C18H21ClN4O. The number of rotatable bonds is 5. The van der Waals surface area contributed by atoms with Crippen LogP contribution in [0.3, 0.4) is 0 Å². The first-order chi connectivity index (χ1) is 11.7. The lowest BCUT2D eigenvalue weighted by Crippen LogP contribution is -2.31. The van der Waals surface area contributed by atoms with Gasteiger partial charge in [0.2, 0.25) is 5.95 Å². The Morgan fingerprint density at radius 1 is 1.17 bits per heavy atom. The number of anilines is 1. The van der Waals surface area contributed by atoms with Crippen LogP contribution in [0.1, 0.15) is 35.2 Å². The molecule has 3 rings (SSSR count). The number of piperidine rings is 1. The lowest BCUT2D eigenvalue weighted by molar-refractivity contribution is 0.0953. The van der Waals surface area contributed by atoms with Gasteiger partial charge in [0.15, 0.2) is 0 Å². The van der Waals surface area contributed by atoms with E-state index in [-0.39, 0.29) is 5.91 Å². The number of hydrogen-bond donors (Lipinski definition) is 1. The second-order valence-corrected chi connectivity index (χ2v) is 6.39. The first-order valence-corrected chi connectivity index (χ1v) is 8.70. The largest absolute Gasteiger partial charge is 0.352 e. The number of nitrogens with one attached hydrogen (secondary N) is 1. The quantitative estimate of drug-likeness (QED) is 0.905. The first kappa shape index (κ1) is 16.7. The Morgan fingerprint density at radius 3 is 2.62 bits per heavy atom. The Balaban J connectivity index is 1.51. The Morgan fingerprint density at radius 2 is 1.92 bits per heavy atom. The zero-order chi connectivity index (χ0) is 16.8. The predicted molar refractivity (Wildman–Crippen MR) is 95.6 cm³/mol. The van der Waals surface area contributed by atoms with E-state index in [0.717, 1.165) is 25.1 Å². The SMILES string of the molecule is O=C(NCCc1cccc(Cl)c1)c1cnc(N2CCCCC2)nc1. The molecule has 1 aromatic carbocycles. The monoisotopic (exact) mass is 344 g/mol. The summed E-state index contributed by atoms with van der Waals surface area (Å²) in [5.74, 6) is 0.562. The molecule has 0 bridgehead atoms. The molecule has 0 radical (unpaired) electrons. The van der Waals surface area contributed by atoms with Crippen molar-refractivity contribution in [3.05, 3.63) is 52.8 Å². The third kappa shape index (κ3) is 4.45. The van der Waals surface area contributed by atoms with Crippen LogP contribution in [0.5, 0.6) is 0 Å². The highest BCUT2D eigenvalue weighted by atomic mass is 35.5. The van der Waals surface area contributed by atoms with Crippen LogP contribution in [0.4, 0.5) is 5.95 Å². The summed E-state index contributed by atoms with van der Waals surface area (Å²) < 4.78 is 0. The smallest absolute Gasteiger partial charge is 0.254 e. The van der Waals surface area contributed by atoms with Crippen LogP contribution in [0, 0.1) is 0 Å². The second kappa shape index (κ2) is 8.11. The molecule has 126 valence electrons. The minimum absolute atomic E-state index is 0.151. The summed E-state index contributed by atoms with van der Waals surface area (Å²) in [5, 5.41) is 3.60. The molecule has 0 saturated carbocycles. The highest BCUT2D eigenvalue weighted by Gasteiger charge is 2.14. The van der Waals surface area contributed by atoms with Crippen molar-refractivity contribution in [3.63, 3.8) is 0 Å². The van der Waals surface area contributed by atoms with Gasteiger partial charge >= 0.3 is 0 Å². The van der Waals surface area contributed by atoms with Crippen LogP contribution in [0.25, 0.3) is 0 Å². The van der Waals surface area contributed by atoms with E-state index in [0.29, 0.717) is 23.1 Å². The number of carbonyl (C=O) groups excluding carboxylic acids is 1. The summed E-state index contributed by atoms with van der Waals surface area (Å²) >= 11 is 5.95. The Bertz CT molecular complexity index is 684. The van der Waals surface area contributed by atoms with Gasteiger partial charge in [-0.2, -0.15) is 0 Å². The summed E-state index contributed by atoms with van der Waals surface area (Å²) in [6.45, 7) is 2.53.